The van der Waals surface area contributed by atoms with Crippen molar-refractivity contribution in [3.63, 3.8) is 0 Å². The summed E-state index contributed by atoms with van der Waals surface area (Å²) in [6.45, 7) is 4.21. The number of aromatic hydroxyl groups is 1. The van der Waals surface area contributed by atoms with Gasteiger partial charge in [0, 0.05) is 0 Å². The summed E-state index contributed by atoms with van der Waals surface area (Å²) in [6.07, 6.45) is 0. The van der Waals surface area contributed by atoms with Crippen molar-refractivity contribution >= 4 is 39.9 Å². The molecule has 0 amide bonds. The number of para-hydroxylation sites is 1. The van der Waals surface area contributed by atoms with Gasteiger partial charge in [-0.25, -0.2) is 0 Å². The molecule has 0 heterocycles. The summed E-state index contributed by atoms with van der Waals surface area (Å²) < 4.78 is 0. The van der Waals surface area contributed by atoms with Crippen molar-refractivity contribution in [1.82, 2.24) is 0 Å². The zero-order valence-electron chi connectivity index (χ0n) is 4.95. The zero-order valence-corrected chi connectivity index (χ0v) is 7.97. The Morgan fingerprint density at radius 2 is 1.56 bits per heavy atom. The third kappa shape index (κ3) is 4.97. The van der Waals surface area contributed by atoms with Crippen molar-refractivity contribution < 1.29 is 5.11 Å². The van der Waals surface area contributed by atoms with E-state index in [2.05, 4.69) is 6.61 Å². The van der Waals surface area contributed by atoms with Crippen molar-refractivity contribution in [3.05, 3.63) is 30.3 Å². The summed E-state index contributed by atoms with van der Waals surface area (Å²) in [4.78, 5) is 0. The molecule has 44 valence electrons. The summed E-state index contributed by atoms with van der Waals surface area (Å²) in [7, 11) is 0. The molecule has 1 N–H and O–H groups in total. The predicted octanol–water partition coefficient (Wildman–Crippen LogP) is 1.66. The van der Waals surface area contributed by atoms with Crippen molar-refractivity contribution in [2.24, 2.45) is 0 Å². The van der Waals surface area contributed by atoms with Gasteiger partial charge in [0.1, 0.15) is 5.75 Å². The molecule has 0 fully saturated rings. The van der Waals surface area contributed by atoms with Crippen molar-refractivity contribution in [2.45, 2.75) is 0 Å². The molecular weight excluding hydrogens is 160 g/mol. The molecule has 0 aliphatic carbocycles. The first-order chi connectivity index (χ1) is 4.39. The summed E-state index contributed by atoms with van der Waals surface area (Å²) in [6, 6.07) is 8.71. The number of phenolic OH excluding ortho intramolecular Hbond substituents is 1. The van der Waals surface area contributed by atoms with Crippen molar-refractivity contribution in [3.8, 4) is 5.75 Å². The van der Waals surface area contributed by atoms with Crippen LogP contribution in [0.15, 0.2) is 30.3 Å². The van der Waals surface area contributed by atoms with Crippen LogP contribution < -0.4 is 0 Å². The summed E-state index contributed by atoms with van der Waals surface area (Å²) >= 11 is 0.958. The van der Waals surface area contributed by atoms with E-state index in [0.29, 0.717) is 5.75 Å². The molecule has 0 radical (unpaired) electrons. The van der Waals surface area contributed by atoms with E-state index in [-0.39, 0.29) is 0 Å². The first-order valence-corrected chi connectivity index (χ1v) is 5.71. The van der Waals surface area contributed by atoms with Gasteiger partial charge < -0.3 is 5.11 Å². The number of rotatable bonds is 0. The Kier molecular flexibility index (Phi) is 6.98. The molecule has 0 aliphatic rings. The van der Waals surface area contributed by atoms with Gasteiger partial charge in [0.15, 0.2) is 0 Å². The molecule has 0 spiro atoms. The molecule has 0 saturated carbocycles. The van der Waals surface area contributed by atoms with E-state index < -0.39 is 0 Å². The Labute approximate surface area is 80.2 Å². The van der Waals surface area contributed by atoms with Gasteiger partial charge in [-0.05, 0) is 12.1 Å². The van der Waals surface area contributed by atoms with Gasteiger partial charge in [0.05, 0.1) is 0 Å². The molecule has 1 aromatic carbocycles. The van der Waals surface area contributed by atoms with Crippen LogP contribution in [0, 0.1) is 0 Å². The first kappa shape index (κ1) is 9.50. The van der Waals surface area contributed by atoms with Crippen LogP contribution in [0.2, 0.25) is 0 Å². The van der Waals surface area contributed by atoms with Crippen LogP contribution >= 0.6 is 6.61 Å². The topological polar surface area (TPSA) is 20.2 Å². The number of benzene rings is 1. The molecule has 0 bridgehead atoms. The average Bonchev–Trinajstić information content (AvgIpc) is 1.94. The van der Waals surface area contributed by atoms with E-state index >= 15 is 0 Å². The monoisotopic (exact) mass is 166 g/mol. The van der Waals surface area contributed by atoms with Gasteiger partial charge in [-0.15, -0.1) is 0 Å². The molecule has 3 heteroatoms. The van der Waals surface area contributed by atoms with Gasteiger partial charge in [-0.3, -0.25) is 0 Å². The van der Waals surface area contributed by atoms with Crippen molar-refractivity contribution in [1.29, 1.82) is 0 Å². The first-order valence-electron chi connectivity index (χ1n) is 2.42. The molecular formula is C6H6CaOS. The molecule has 0 unspecified atom stereocenters. The molecule has 0 saturated heterocycles. The van der Waals surface area contributed by atoms with Crippen LogP contribution in [0.25, 0.3) is 0 Å². The van der Waals surface area contributed by atoms with Crippen molar-refractivity contribution in [2.75, 3.05) is 0 Å². The van der Waals surface area contributed by atoms with E-state index in [0.717, 1.165) is 33.3 Å². The fraction of sp³-hybridized carbons (Fsp3) is 0. The minimum absolute atomic E-state index is 0.322. The summed E-state index contributed by atoms with van der Waals surface area (Å²) in [5.74, 6) is 0.322. The van der Waals surface area contributed by atoms with Gasteiger partial charge in [0.25, 0.3) is 0 Å². The van der Waals surface area contributed by atoms with Gasteiger partial charge in [0.2, 0.25) is 0 Å². The number of hydrogen-bond donors (Lipinski definition) is 1. The zero-order chi connectivity index (χ0) is 7.11. The second kappa shape index (κ2) is 6.62. The molecule has 0 aliphatic heterocycles. The Morgan fingerprint density at radius 1 is 1.11 bits per heavy atom. The fourth-order valence-corrected chi connectivity index (χ4v) is 0.428. The molecule has 0 aromatic heterocycles. The van der Waals surface area contributed by atoms with E-state index in [1.807, 2.05) is 6.07 Å². The third-order valence-corrected chi connectivity index (χ3v) is 0.756. The summed E-state index contributed by atoms with van der Waals surface area (Å²) in [5.41, 5.74) is 0. The Hall–Kier alpha value is 0.500. The fourth-order valence-electron chi connectivity index (χ4n) is 0.428. The van der Waals surface area contributed by atoms with Gasteiger partial charge in [-0.1, -0.05) is 18.2 Å². The summed E-state index contributed by atoms with van der Waals surface area (Å²) in [5, 5.41) is 8.63. The van der Waals surface area contributed by atoms with E-state index in [1.54, 1.807) is 24.3 Å². The maximum absolute atomic E-state index is 8.63. The maximum atomic E-state index is 8.63. The number of phenols is 1. The molecule has 0 atom stereocenters. The Morgan fingerprint density at radius 3 is 1.78 bits per heavy atom. The van der Waals surface area contributed by atoms with Crippen LogP contribution in [0.4, 0.5) is 0 Å². The SMILES string of the molecule is Oc1ccccc1.[S]=[Ca]. The van der Waals surface area contributed by atoms with Crippen LogP contribution in [-0.4, -0.2) is 38.4 Å². The average molecular weight is 166 g/mol. The Bertz CT molecular complexity index is 154. The quantitative estimate of drug-likeness (QED) is 0.591. The predicted molar refractivity (Wildman–Crippen MR) is 41.5 cm³/mol. The van der Waals surface area contributed by atoms with Crippen LogP contribution in [0.5, 0.6) is 5.75 Å². The Balaban J connectivity index is 0.000000291. The van der Waals surface area contributed by atoms with E-state index in [9.17, 15) is 0 Å². The minimum atomic E-state index is 0.322. The molecule has 1 nitrogen and oxygen atoms in total. The number of hydrogen-bond acceptors (Lipinski definition) is 2. The second-order valence-electron chi connectivity index (χ2n) is 1.34. The van der Waals surface area contributed by atoms with Gasteiger partial charge in [-0.2, -0.15) is 0 Å². The molecule has 9 heavy (non-hydrogen) atoms. The molecule has 1 rings (SSSR count). The normalized spacial score (nSPS) is 7.33. The van der Waals surface area contributed by atoms with E-state index in [1.165, 1.54) is 0 Å². The van der Waals surface area contributed by atoms with Crippen LogP contribution in [0.3, 0.4) is 0 Å². The third-order valence-electron chi connectivity index (χ3n) is 0.756. The second-order valence-corrected chi connectivity index (χ2v) is 1.34. The van der Waals surface area contributed by atoms with Crippen LogP contribution in [-0.2, 0) is 0 Å². The van der Waals surface area contributed by atoms with E-state index in [4.69, 9.17) is 5.11 Å². The standard InChI is InChI=1S/C6H6O.Ca.S/c7-6-4-2-1-3-5-6;;/h1-5,7H;;. The molecule has 1 aromatic rings. The van der Waals surface area contributed by atoms with Crippen LogP contribution in [0.1, 0.15) is 0 Å². The van der Waals surface area contributed by atoms with Gasteiger partial charge >= 0.3 is 39.9 Å².